The first-order chi connectivity index (χ1) is 13.1. The summed E-state index contributed by atoms with van der Waals surface area (Å²) in [5.41, 5.74) is 0.268. The lowest BCUT2D eigenvalue weighted by Crippen LogP contribution is -2.56. The van der Waals surface area contributed by atoms with E-state index in [-0.39, 0.29) is 11.8 Å². The number of fused-ring (bicyclic) bond motifs is 1. The van der Waals surface area contributed by atoms with Gasteiger partial charge in [-0.15, -0.1) is 0 Å². The van der Waals surface area contributed by atoms with Crippen molar-refractivity contribution in [1.82, 2.24) is 24.9 Å². The molecule has 3 rings (SSSR count). The largest absolute Gasteiger partial charge is 0.465 e. The van der Waals surface area contributed by atoms with E-state index in [1.165, 1.54) is 0 Å². The van der Waals surface area contributed by atoms with Gasteiger partial charge < -0.3 is 30.0 Å². The standard InChI is InChI=1S/C19H31N5O4/c1-19(2,3)15(20-18(27)28)17(26)22-7-5-13(6-8-22)9-23-12-24-11-21(4)10-14(24)16(23)25/h10,13,15,20H,5-9,11-12H2,1-4H3,(H,27,28)/t15-/m0/s1. The lowest BCUT2D eigenvalue weighted by Gasteiger charge is -2.38. The van der Waals surface area contributed by atoms with E-state index in [4.69, 9.17) is 5.11 Å². The van der Waals surface area contributed by atoms with Gasteiger partial charge in [-0.1, -0.05) is 20.8 Å². The van der Waals surface area contributed by atoms with Crippen molar-refractivity contribution in [3.05, 3.63) is 11.9 Å². The predicted molar refractivity (Wildman–Crippen MR) is 103 cm³/mol. The van der Waals surface area contributed by atoms with Crippen molar-refractivity contribution in [3.63, 3.8) is 0 Å². The summed E-state index contributed by atoms with van der Waals surface area (Å²) in [5.74, 6) is 0.271. The Balaban J connectivity index is 1.53. The summed E-state index contributed by atoms with van der Waals surface area (Å²) in [6.07, 6.45) is 2.35. The third-order valence-corrected chi connectivity index (χ3v) is 5.71. The van der Waals surface area contributed by atoms with E-state index in [1.54, 1.807) is 4.90 Å². The number of amides is 3. The number of carbonyl (C=O) groups is 3. The second-order valence-corrected chi connectivity index (χ2v) is 9.14. The van der Waals surface area contributed by atoms with Crippen LogP contribution in [0.4, 0.5) is 4.79 Å². The van der Waals surface area contributed by atoms with Gasteiger partial charge in [-0.05, 0) is 24.2 Å². The molecule has 0 aromatic carbocycles. The van der Waals surface area contributed by atoms with Gasteiger partial charge in [0.25, 0.3) is 5.91 Å². The molecule has 0 aliphatic carbocycles. The fourth-order valence-electron chi connectivity index (χ4n) is 4.16. The van der Waals surface area contributed by atoms with E-state index in [2.05, 4.69) is 10.2 Å². The average molecular weight is 393 g/mol. The van der Waals surface area contributed by atoms with Crippen LogP contribution < -0.4 is 5.32 Å². The Labute approximate surface area is 165 Å². The molecule has 3 heterocycles. The van der Waals surface area contributed by atoms with Crippen molar-refractivity contribution in [2.45, 2.75) is 39.7 Å². The van der Waals surface area contributed by atoms with Crippen LogP contribution in [0.1, 0.15) is 33.6 Å². The molecule has 3 amide bonds. The molecule has 28 heavy (non-hydrogen) atoms. The van der Waals surface area contributed by atoms with Crippen LogP contribution in [0.2, 0.25) is 0 Å². The zero-order chi connectivity index (χ0) is 20.6. The molecular formula is C19H31N5O4. The Morgan fingerprint density at radius 3 is 2.43 bits per heavy atom. The molecule has 9 heteroatoms. The summed E-state index contributed by atoms with van der Waals surface area (Å²) in [6, 6.07) is -0.766. The maximum Gasteiger partial charge on any atom is 0.405 e. The van der Waals surface area contributed by atoms with Crippen molar-refractivity contribution in [3.8, 4) is 0 Å². The van der Waals surface area contributed by atoms with Crippen LogP contribution >= 0.6 is 0 Å². The smallest absolute Gasteiger partial charge is 0.405 e. The number of piperidine rings is 1. The zero-order valence-corrected chi connectivity index (χ0v) is 17.1. The highest BCUT2D eigenvalue weighted by Crippen LogP contribution is 2.28. The molecule has 2 N–H and O–H groups in total. The predicted octanol–water partition coefficient (Wildman–Crippen LogP) is 0.753. The molecule has 0 spiro atoms. The normalized spacial score (nSPS) is 21.7. The van der Waals surface area contributed by atoms with Crippen LogP contribution in [0.3, 0.4) is 0 Å². The monoisotopic (exact) mass is 393 g/mol. The lowest BCUT2D eigenvalue weighted by atomic mass is 9.85. The van der Waals surface area contributed by atoms with Gasteiger partial charge in [0.2, 0.25) is 5.91 Å². The molecule has 0 saturated carbocycles. The van der Waals surface area contributed by atoms with Gasteiger partial charge >= 0.3 is 6.09 Å². The van der Waals surface area contributed by atoms with Crippen LogP contribution in [0, 0.1) is 11.3 Å². The summed E-state index contributed by atoms with van der Waals surface area (Å²) >= 11 is 0. The molecule has 0 radical (unpaired) electrons. The Morgan fingerprint density at radius 2 is 1.89 bits per heavy atom. The molecule has 3 aliphatic rings. The Morgan fingerprint density at radius 1 is 1.25 bits per heavy atom. The van der Waals surface area contributed by atoms with E-state index in [0.29, 0.717) is 32.2 Å². The fraction of sp³-hybridized carbons (Fsp3) is 0.737. The molecule has 156 valence electrons. The van der Waals surface area contributed by atoms with Crippen molar-refractivity contribution in [2.24, 2.45) is 11.3 Å². The highest BCUT2D eigenvalue weighted by molar-refractivity contribution is 5.95. The molecule has 1 atom stereocenters. The highest BCUT2D eigenvalue weighted by atomic mass is 16.4. The van der Waals surface area contributed by atoms with Gasteiger partial charge in [0.05, 0.1) is 13.3 Å². The zero-order valence-electron chi connectivity index (χ0n) is 17.1. The summed E-state index contributed by atoms with van der Waals surface area (Å²) < 4.78 is 0. The number of carbonyl (C=O) groups excluding carboxylic acids is 2. The van der Waals surface area contributed by atoms with Crippen molar-refractivity contribution in [2.75, 3.05) is 40.0 Å². The molecule has 0 unspecified atom stereocenters. The van der Waals surface area contributed by atoms with Crippen LogP contribution in [-0.4, -0.2) is 88.7 Å². The maximum absolute atomic E-state index is 12.9. The number of likely N-dealkylation sites (tertiary alicyclic amines) is 1. The SMILES string of the molecule is CN1C=C2C(=O)N(CC3CCN(C(=O)[C@H](NC(=O)O)C(C)(C)C)CC3)CN2C1. The Bertz CT molecular complexity index is 678. The number of carboxylic acid groups (broad SMARTS) is 1. The van der Waals surface area contributed by atoms with Gasteiger partial charge in [-0.2, -0.15) is 0 Å². The topological polar surface area (TPSA) is 96.4 Å². The summed E-state index contributed by atoms with van der Waals surface area (Å²) in [4.78, 5) is 44.2. The molecule has 2 fully saturated rings. The number of rotatable bonds is 4. The van der Waals surface area contributed by atoms with Gasteiger partial charge in [-0.25, -0.2) is 4.79 Å². The molecule has 2 saturated heterocycles. The number of hydrogen-bond donors (Lipinski definition) is 2. The van der Waals surface area contributed by atoms with Gasteiger partial charge in [0.15, 0.2) is 0 Å². The highest BCUT2D eigenvalue weighted by Gasteiger charge is 2.39. The van der Waals surface area contributed by atoms with E-state index < -0.39 is 17.6 Å². The quantitative estimate of drug-likeness (QED) is 0.732. The molecule has 0 aromatic rings. The van der Waals surface area contributed by atoms with E-state index in [9.17, 15) is 14.4 Å². The van der Waals surface area contributed by atoms with Gasteiger partial charge in [0.1, 0.15) is 11.7 Å². The first-order valence-electron chi connectivity index (χ1n) is 9.81. The number of nitrogens with zero attached hydrogens (tertiary/aromatic N) is 4. The maximum atomic E-state index is 12.9. The minimum Gasteiger partial charge on any atom is -0.465 e. The second kappa shape index (κ2) is 7.52. The number of hydrogen-bond acceptors (Lipinski definition) is 5. The van der Waals surface area contributed by atoms with Crippen LogP contribution in [-0.2, 0) is 9.59 Å². The third kappa shape index (κ3) is 4.18. The van der Waals surface area contributed by atoms with E-state index in [1.807, 2.05) is 43.8 Å². The van der Waals surface area contributed by atoms with Crippen LogP contribution in [0.25, 0.3) is 0 Å². The summed E-state index contributed by atoms with van der Waals surface area (Å²) in [5, 5.41) is 11.4. The molecule has 0 bridgehead atoms. The Hall–Kier alpha value is -2.45. The minimum absolute atomic E-state index is 0.0845. The van der Waals surface area contributed by atoms with Crippen molar-refractivity contribution < 1.29 is 19.5 Å². The Kier molecular flexibility index (Phi) is 5.45. The summed E-state index contributed by atoms with van der Waals surface area (Å²) in [6.45, 7) is 8.83. The lowest BCUT2D eigenvalue weighted by molar-refractivity contribution is -0.138. The van der Waals surface area contributed by atoms with Crippen molar-refractivity contribution in [1.29, 1.82) is 0 Å². The fourth-order valence-corrected chi connectivity index (χ4v) is 4.16. The number of nitrogens with one attached hydrogen (secondary N) is 1. The minimum atomic E-state index is -1.18. The first kappa shape index (κ1) is 20.3. The van der Waals surface area contributed by atoms with E-state index in [0.717, 1.165) is 25.2 Å². The molecule has 9 nitrogen and oxygen atoms in total. The summed E-state index contributed by atoms with van der Waals surface area (Å²) in [7, 11) is 1.96. The molecule has 3 aliphatic heterocycles. The van der Waals surface area contributed by atoms with Crippen molar-refractivity contribution >= 4 is 17.9 Å². The van der Waals surface area contributed by atoms with Crippen LogP contribution in [0.5, 0.6) is 0 Å². The van der Waals surface area contributed by atoms with E-state index >= 15 is 0 Å². The van der Waals surface area contributed by atoms with Gasteiger partial charge in [0, 0.05) is 32.9 Å². The first-order valence-corrected chi connectivity index (χ1v) is 9.81. The third-order valence-electron chi connectivity index (χ3n) is 5.71. The average Bonchev–Trinajstić information content (AvgIpc) is 3.09. The second-order valence-electron chi connectivity index (χ2n) is 9.14. The molecule has 0 aromatic heterocycles. The van der Waals surface area contributed by atoms with Gasteiger partial charge in [-0.3, -0.25) is 9.59 Å². The van der Waals surface area contributed by atoms with Crippen LogP contribution in [0.15, 0.2) is 11.9 Å². The molecular weight excluding hydrogens is 362 g/mol.